The number of carbonyl (C=O) groups is 3. The van der Waals surface area contributed by atoms with Crippen LogP contribution < -0.4 is 14.7 Å². The SMILES string of the molecule is O=C1CCCN(c2ncncc2Cc2ccc(Br)cc2Cl)C1.O=C1CCCN(c2ncncc2Cc2ccc(C(F)(F)F)cc2Cl)C1.O=C1CCCN(c2ncncc2Cc2ccc(Cl)cc2Cl)C1. The second-order valence-electron chi connectivity index (χ2n) is 16.6. The van der Waals surface area contributed by atoms with Gasteiger partial charge in [0.05, 0.1) is 25.2 Å². The summed E-state index contributed by atoms with van der Waals surface area (Å²) in [5.41, 5.74) is 4.41. The van der Waals surface area contributed by atoms with Crippen molar-refractivity contribution in [3.63, 3.8) is 0 Å². The number of benzene rings is 3. The molecule has 3 aliphatic rings. The average Bonchev–Trinajstić information content (AvgIpc) is 3.32. The van der Waals surface area contributed by atoms with Gasteiger partial charge in [0.15, 0.2) is 17.3 Å². The largest absolute Gasteiger partial charge is 0.416 e. The first-order valence-corrected chi connectivity index (χ1v) is 24.3. The van der Waals surface area contributed by atoms with E-state index in [0.717, 1.165) is 88.4 Å². The molecule has 0 bridgehead atoms. The third kappa shape index (κ3) is 14.4. The van der Waals surface area contributed by atoms with Crippen molar-refractivity contribution in [2.45, 2.75) is 64.0 Å². The van der Waals surface area contributed by atoms with Crippen molar-refractivity contribution in [2.75, 3.05) is 54.0 Å². The van der Waals surface area contributed by atoms with Gasteiger partial charge in [-0.15, -0.1) is 0 Å². The number of alkyl halides is 3. The van der Waals surface area contributed by atoms with Crippen LogP contribution in [0.1, 0.15) is 77.5 Å². The predicted molar refractivity (Wildman–Crippen MR) is 266 cm³/mol. The second-order valence-corrected chi connectivity index (χ2v) is 19.2. The average molecular weight is 1090 g/mol. The highest BCUT2D eigenvalue weighted by molar-refractivity contribution is 9.10. The maximum atomic E-state index is 12.8. The van der Waals surface area contributed by atoms with Gasteiger partial charge < -0.3 is 14.7 Å². The van der Waals surface area contributed by atoms with Gasteiger partial charge in [0.2, 0.25) is 0 Å². The minimum atomic E-state index is -4.43. The van der Waals surface area contributed by atoms with Crippen molar-refractivity contribution < 1.29 is 27.6 Å². The lowest BCUT2D eigenvalue weighted by molar-refractivity contribution is -0.137. The van der Waals surface area contributed by atoms with Gasteiger partial charge in [-0.25, -0.2) is 29.9 Å². The lowest BCUT2D eigenvalue weighted by atomic mass is 10.0. The number of nitrogens with zero attached hydrogens (tertiary/aromatic N) is 9. The molecule has 6 aromatic rings. The van der Waals surface area contributed by atoms with E-state index < -0.39 is 11.7 Å². The molecule has 12 nitrogen and oxygen atoms in total. The van der Waals surface area contributed by atoms with Gasteiger partial charge in [0, 0.05) is 118 Å². The highest BCUT2D eigenvalue weighted by Gasteiger charge is 2.31. The van der Waals surface area contributed by atoms with Crippen LogP contribution in [0.25, 0.3) is 0 Å². The van der Waals surface area contributed by atoms with Gasteiger partial charge in [0.1, 0.15) is 36.4 Å². The van der Waals surface area contributed by atoms with Crippen LogP contribution in [0, 0.1) is 0 Å². The fraction of sp³-hybridized carbons (Fsp3) is 0.327. The zero-order chi connectivity index (χ0) is 49.1. The van der Waals surface area contributed by atoms with Crippen LogP contribution in [0.3, 0.4) is 0 Å². The molecule has 0 aliphatic carbocycles. The molecule has 20 heteroatoms. The third-order valence-corrected chi connectivity index (χ3v) is 13.3. The zero-order valence-electron chi connectivity index (χ0n) is 37.0. The molecule has 0 amide bonds. The molecule has 6 heterocycles. The summed E-state index contributed by atoms with van der Waals surface area (Å²) >= 11 is 27.9. The lowest BCUT2D eigenvalue weighted by Crippen LogP contribution is -2.36. The number of piperidine rings is 3. The number of halogens is 8. The Hall–Kier alpha value is -5.26. The molecule has 9 rings (SSSR count). The van der Waals surface area contributed by atoms with Crippen molar-refractivity contribution in [2.24, 2.45) is 0 Å². The molecule has 0 unspecified atom stereocenters. The Morgan fingerprint density at radius 3 is 1.25 bits per heavy atom. The van der Waals surface area contributed by atoms with E-state index in [1.54, 1.807) is 24.7 Å². The topological polar surface area (TPSA) is 138 Å². The lowest BCUT2D eigenvalue weighted by Gasteiger charge is -2.28. The van der Waals surface area contributed by atoms with Crippen molar-refractivity contribution in [1.82, 2.24) is 29.9 Å². The Balaban J connectivity index is 0.000000153. The van der Waals surface area contributed by atoms with Crippen molar-refractivity contribution >= 4 is 97.1 Å². The fourth-order valence-corrected chi connectivity index (χ4v) is 9.62. The predicted octanol–water partition coefficient (Wildman–Crippen LogP) is 11.1. The monoisotopic (exact) mass is 1080 g/mol. The Morgan fingerprint density at radius 2 is 0.884 bits per heavy atom. The number of anilines is 3. The number of aromatic nitrogens is 6. The maximum Gasteiger partial charge on any atom is 0.416 e. The Bertz CT molecular complexity index is 2690. The molecule has 0 spiro atoms. The first kappa shape index (κ1) is 51.6. The van der Waals surface area contributed by atoms with E-state index in [2.05, 4.69) is 45.8 Å². The van der Waals surface area contributed by atoms with Crippen LogP contribution in [0.4, 0.5) is 30.6 Å². The van der Waals surface area contributed by atoms with E-state index in [0.29, 0.717) is 78.2 Å². The number of ketones is 3. The molecular weight excluding hydrogens is 1040 g/mol. The first-order valence-electron chi connectivity index (χ1n) is 22.0. The highest BCUT2D eigenvalue weighted by Crippen LogP contribution is 2.34. The first-order chi connectivity index (χ1) is 33.1. The maximum absolute atomic E-state index is 12.8. The van der Waals surface area contributed by atoms with Crippen molar-refractivity contribution in [3.05, 3.63) is 156 Å². The summed E-state index contributed by atoms with van der Waals surface area (Å²) < 4.78 is 39.2. The Labute approximate surface area is 425 Å². The van der Waals surface area contributed by atoms with E-state index in [1.807, 2.05) is 45.0 Å². The van der Waals surface area contributed by atoms with Crippen LogP contribution in [0.2, 0.25) is 20.1 Å². The van der Waals surface area contributed by atoms with E-state index in [1.165, 1.54) is 25.0 Å². The fourth-order valence-electron chi connectivity index (χ4n) is 8.15. The van der Waals surface area contributed by atoms with E-state index in [4.69, 9.17) is 46.4 Å². The summed E-state index contributed by atoms with van der Waals surface area (Å²) in [6.07, 6.45) is 11.1. The van der Waals surface area contributed by atoms with Crippen molar-refractivity contribution in [3.8, 4) is 0 Å². The Kier molecular flexibility index (Phi) is 18.0. The molecule has 0 radical (unpaired) electrons. The zero-order valence-corrected chi connectivity index (χ0v) is 41.6. The third-order valence-electron chi connectivity index (χ3n) is 11.5. The smallest absolute Gasteiger partial charge is 0.349 e. The molecule has 360 valence electrons. The van der Waals surface area contributed by atoms with E-state index in [9.17, 15) is 27.6 Å². The van der Waals surface area contributed by atoms with Crippen LogP contribution in [-0.2, 0) is 39.8 Å². The van der Waals surface area contributed by atoms with Crippen LogP contribution >= 0.6 is 62.3 Å². The minimum Gasteiger partial charge on any atom is -0.349 e. The van der Waals surface area contributed by atoms with Crippen molar-refractivity contribution in [1.29, 1.82) is 0 Å². The molecule has 69 heavy (non-hydrogen) atoms. The standard InChI is InChI=1S/C17H15ClF3N3O.C16H15BrClN3O.C16H15Cl2N3O/c18-15-7-13(17(19,20)21)4-3-11(15)6-12-8-22-10-23-16(12)24-5-1-2-14(25)9-24;2*17-13-4-3-11(15(18)7-13)6-12-8-19-10-20-16(12)21-5-1-2-14(22)9-21/h3-4,7-8,10H,1-2,5-6,9H2;2*3-4,7-8,10H,1-2,5-6,9H2. The number of hydrogen-bond donors (Lipinski definition) is 0. The number of carbonyl (C=O) groups excluding carboxylic acids is 3. The van der Waals surface area contributed by atoms with Gasteiger partial charge in [-0.2, -0.15) is 13.2 Å². The molecule has 3 aliphatic heterocycles. The Morgan fingerprint density at radius 1 is 0.507 bits per heavy atom. The highest BCUT2D eigenvalue weighted by atomic mass is 79.9. The molecular formula is C49H45BrCl4F3N9O3. The summed E-state index contributed by atoms with van der Waals surface area (Å²) in [5.74, 6) is 2.93. The quantitative estimate of drug-likeness (QED) is 0.136. The molecule has 3 aromatic carbocycles. The molecule has 3 fully saturated rings. The van der Waals surface area contributed by atoms with Crippen LogP contribution in [0.15, 0.2) is 96.6 Å². The van der Waals surface area contributed by atoms with Gasteiger partial charge in [-0.1, -0.05) is 80.5 Å². The molecule has 0 saturated carbocycles. The second kappa shape index (κ2) is 24.0. The van der Waals surface area contributed by atoms with Gasteiger partial charge >= 0.3 is 6.18 Å². The van der Waals surface area contributed by atoms with Gasteiger partial charge in [-0.3, -0.25) is 14.4 Å². The summed E-state index contributed by atoms with van der Waals surface area (Å²) in [7, 11) is 0. The molecule has 3 aromatic heterocycles. The molecule has 0 atom stereocenters. The molecule has 3 saturated heterocycles. The van der Waals surface area contributed by atoms with Gasteiger partial charge in [-0.05, 0) is 72.4 Å². The van der Waals surface area contributed by atoms with Crippen LogP contribution in [-0.4, -0.2) is 86.5 Å². The minimum absolute atomic E-state index is 0.0411. The van der Waals surface area contributed by atoms with Gasteiger partial charge in [0.25, 0.3) is 0 Å². The van der Waals surface area contributed by atoms with E-state index in [-0.39, 0.29) is 35.3 Å². The summed E-state index contributed by atoms with van der Waals surface area (Å²) in [4.78, 5) is 66.3. The summed E-state index contributed by atoms with van der Waals surface area (Å²) in [5, 5.41) is 1.98. The normalized spacial score (nSPS) is 15.3. The summed E-state index contributed by atoms with van der Waals surface area (Å²) in [6, 6.07) is 14.6. The number of rotatable bonds is 9. The van der Waals surface area contributed by atoms with Crippen LogP contribution in [0.5, 0.6) is 0 Å². The molecule has 0 N–H and O–H groups in total. The summed E-state index contributed by atoms with van der Waals surface area (Å²) in [6.45, 7) is 3.52. The number of Topliss-reactive ketones (excluding diaryl/α,β-unsaturated/α-hetero) is 3. The number of hydrogen-bond acceptors (Lipinski definition) is 12. The van der Waals surface area contributed by atoms with E-state index >= 15 is 0 Å².